The van der Waals surface area contributed by atoms with E-state index in [0.717, 1.165) is 24.1 Å². The first-order chi connectivity index (χ1) is 13.9. The van der Waals surface area contributed by atoms with Crippen LogP contribution in [0.1, 0.15) is 35.7 Å². The second kappa shape index (κ2) is 11.2. The number of unbranched alkanes of at least 4 members (excludes halogenated alkanes) is 1. The molecule has 6 nitrogen and oxygen atoms in total. The zero-order valence-electron chi connectivity index (χ0n) is 17.0. The maximum atomic E-state index is 12.4. The van der Waals surface area contributed by atoms with Gasteiger partial charge in [-0.2, -0.15) is 0 Å². The van der Waals surface area contributed by atoms with E-state index < -0.39 is 0 Å². The van der Waals surface area contributed by atoms with E-state index in [2.05, 4.69) is 17.6 Å². The third kappa shape index (κ3) is 7.54. The van der Waals surface area contributed by atoms with Crippen molar-refractivity contribution >= 4 is 34.8 Å². The number of ether oxygens (including phenoxy) is 1. The number of carbonyl (C=O) groups is 2. The Labute approximate surface area is 177 Å². The first-order valence-corrected chi connectivity index (χ1v) is 9.94. The molecule has 154 valence electrons. The third-order valence-electron chi connectivity index (χ3n) is 4.16. The molecule has 0 saturated carbocycles. The molecule has 0 fully saturated rings. The number of anilines is 1. The second-order valence-electron chi connectivity index (χ2n) is 6.80. The van der Waals surface area contributed by atoms with Crippen molar-refractivity contribution in [1.82, 2.24) is 10.2 Å². The lowest BCUT2D eigenvalue weighted by molar-refractivity contribution is -0.127. The number of hydrogen-bond donors (Lipinski definition) is 2. The van der Waals surface area contributed by atoms with Crippen LogP contribution in [-0.2, 0) is 11.2 Å². The van der Waals surface area contributed by atoms with E-state index in [1.165, 1.54) is 0 Å². The van der Waals surface area contributed by atoms with Crippen molar-refractivity contribution in [1.29, 1.82) is 0 Å². The monoisotopic (exact) mass is 413 g/mol. The fraction of sp³-hybridized carbons (Fsp3) is 0.318. The van der Waals surface area contributed by atoms with Crippen LogP contribution in [0.4, 0.5) is 5.69 Å². The minimum Gasteiger partial charge on any atom is -0.494 e. The van der Waals surface area contributed by atoms with Crippen LogP contribution in [0.5, 0.6) is 5.75 Å². The molecule has 0 atom stereocenters. The van der Waals surface area contributed by atoms with Gasteiger partial charge in [0.05, 0.1) is 13.0 Å². The molecule has 0 aromatic heterocycles. The molecule has 2 rings (SSSR count). The molecule has 0 bridgehead atoms. The fourth-order valence-corrected chi connectivity index (χ4v) is 2.65. The summed E-state index contributed by atoms with van der Waals surface area (Å²) in [7, 11) is 3.46. The Morgan fingerprint density at radius 3 is 2.48 bits per heavy atom. The summed E-state index contributed by atoms with van der Waals surface area (Å²) < 4.78 is 5.64. The Bertz CT molecular complexity index is 851. The molecule has 0 unspecified atom stereocenters. The van der Waals surface area contributed by atoms with Gasteiger partial charge < -0.3 is 15.0 Å². The van der Waals surface area contributed by atoms with E-state index in [1.54, 1.807) is 37.2 Å². The molecule has 0 saturated heterocycles. The van der Waals surface area contributed by atoms with Crippen LogP contribution in [0.25, 0.3) is 0 Å². The standard InChI is InChI=1S/C22H27N3O3S/c1-4-5-13-28-19-8-6-7-17(15-19)21(27)24-22(29)23-18-11-9-16(10-12-18)14-20(26)25(2)3/h6-12,15H,4-5,13-14H2,1-3H3,(H2,23,24,27,29). The zero-order valence-corrected chi connectivity index (χ0v) is 17.8. The average molecular weight is 414 g/mol. The topological polar surface area (TPSA) is 70.7 Å². The zero-order chi connectivity index (χ0) is 21.2. The van der Waals surface area contributed by atoms with Gasteiger partial charge in [0, 0.05) is 25.3 Å². The van der Waals surface area contributed by atoms with Gasteiger partial charge in [0.1, 0.15) is 5.75 Å². The van der Waals surface area contributed by atoms with Gasteiger partial charge >= 0.3 is 0 Å². The van der Waals surface area contributed by atoms with Gasteiger partial charge in [0.15, 0.2) is 5.11 Å². The van der Waals surface area contributed by atoms with Crippen LogP contribution >= 0.6 is 12.2 Å². The molecule has 0 aliphatic rings. The third-order valence-corrected chi connectivity index (χ3v) is 4.36. The summed E-state index contributed by atoms with van der Waals surface area (Å²) in [4.78, 5) is 25.7. The molecule has 2 aromatic carbocycles. The van der Waals surface area contributed by atoms with Crippen molar-refractivity contribution in [2.75, 3.05) is 26.0 Å². The highest BCUT2D eigenvalue weighted by molar-refractivity contribution is 7.80. The van der Waals surface area contributed by atoms with Gasteiger partial charge in [-0.15, -0.1) is 0 Å². The Morgan fingerprint density at radius 1 is 1.10 bits per heavy atom. The maximum Gasteiger partial charge on any atom is 0.257 e. The molecule has 2 N–H and O–H groups in total. The summed E-state index contributed by atoms with van der Waals surface area (Å²) in [5.41, 5.74) is 2.11. The number of thiocarbonyl (C=S) groups is 1. The lowest BCUT2D eigenvalue weighted by Crippen LogP contribution is -2.34. The lowest BCUT2D eigenvalue weighted by Gasteiger charge is -2.12. The van der Waals surface area contributed by atoms with Crippen molar-refractivity contribution in [3.63, 3.8) is 0 Å². The number of benzene rings is 2. The van der Waals surface area contributed by atoms with Crippen molar-refractivity contribution in [2.24, 2.45) is 0 Å². The largest absolute Gasteiger partial charge is 0.494 e. The molecule has 0 spiro atoms. The van der Waals surface area contributed by atoms with Gasteiger partial charge in [-0.05, 0) is 54.5 Å². The first kappa shape index (κ1) is 22.4. The highest BCUT2D eigenvalue weighted by Crippen LogP contribution is 2.14. The number of hydrogen-bond acceptors (Lipinski definition) is 4. The molecule has 0 heterocycles. The molecule has 0 aliphatic carbocycles. The fourth-order valence-electron chi connectivity index (χ4n) is 2.44. The minimum absolute atomic E-state index is 0.0365. The van der Waals surface area contributed by atoms with E-state index in [0.29, 0.717) is 24.3 Å². The molecule has 29 heavy (non-hydrogen) atoms. The lowest BCUT2D eigenvalue weighted by atomic mass is 10.1. The summed E-state index contributed by atoms with van der Waals surface area (Å²) in [5, 5.41) is 5.84. The number of amides is 2. The van der Waals surface area contributed by atoms with E-state index in [9.17, 15) is 9.59 Å². The summed E-state index contributed by atoms with van der Waals surface area (Å²) >= 11 is 5.23. The summed E-state index contributed by atoms with van der Waals surface area (Å²) in [5.74, 6) is 0.388. The van der Waals surface area contributed by atoms with Crippen LogP contribution in [0.15, 0.2) is 48.5 Å². The first-order valence-electron chi connectivity index (χ1n) is 9.53. The van der Waals surface area contributed by atoms with E-state index in [1.807, 2.05) is 30.3 Å². The van der Waals surface area contributed by atoms with E-state index in [-0.39, 0.29) is 16.9 Å². The Morgan fingerprint density at radius 2 is 1.83 bits per heavy atom. The van der Waals surface area contributed by atoms with Crippen molar-refractivity contribution in [2.45, 2.75) is 26.2 Å². The normalized spacial score (nSPS) is 10.2. The molecule has 7 heteroatoms. The predicted octanol–water partition coefficient (Wildman–Crippen LogP) is 3.62. The molecular weight excluding hydrogens is 386 g/mol. The molecule has 2 amide bonds. The summed E-state index contributed by atoms with van der Waals surface area (Å²) in [6.45, 7) is 2.72. The summed E-state index contributed by atoms with van der Waals surface area (Å²) in [6.07, 6.45) is 2.35. The molecule has 2 aromatic rings. The average Bonchev–Trinajstić information content (AvgIpc) is 2.69. The van der Waals surface area contributed by atoms with Crippen LogP contribution in [-0.4, -0.2) is 42.5 Å². The quantitative estimate of drug-likeness (QED) is 0.511. The van der Waals surface area contributed by atoms with Crippen LogP contribution in [0, 0.1) is 0 Å². The minimum atomic E-state index is -0.309. The molecule has 0 aliphatic heterocycles. The molecule has 0 radical (unpaired) electrons. The smallest absolute Gasteiger partial charge is 0.257 e. The molecular formula is C22H27N3O3S. The van der Waals surface area contributed by atoms with Crippen LogP contribution in [0.2, 0.25) is 0 Å². The highest BCUT2D eigenvalue weighted by atomic mass is 32.1. The van der Waals surface area contributed by atoms with E-state index >= 15 is 0 Å². The van der Waals surface area contributed by atoms with Crippen LogP contribution < -0.4 is 15.4 Å². The maximum absolute atomic E-state index is 12.4. The van der Waals surface area contributed by atoms with Gasteiger partial charge in [-0.1, -0.05) is 31.5 Å². The number of carbonyl (C=O) groups excluding carboxylic acids is 2. The Balaban J connectivity index is 1.89. The van der Waals surface area contributed by atoms with E-state index in [4.69, 9.17) is 17.0 Å². The van der Waals surface area contributed by atoms with Crippen molar-refractivity contribution < 1.29 is 14.3 Å². The highest BCUT2D eigenvalue weighted by Gasteiger charge is 2.10. The van der Waals surface area contributed by atoms with Gasteiger partial charge in [-0.3, -0.25) is 14.9 Å². The summed E-state index contributed by atoms with van der Waals surface area (Å²) in [6, 6.07) is 14.4. The SMILES string of the molecule is CCCCOc1cccc(C(=O)NC(=S)Nc2ccc(CC(=O)N(C)C)cc2)c1. The Kier molecular flexibility index (Phi) is 8.61. The number of nitrogens with one attached hydrogen (secondary N) is 2. The Hall–Kier alpha value is -2.93. The van der Waals surface area contributed by atoms with Crippen molar-refractivity contribution in [3.8, 4) is 5.75 Å². The van der Waals surface area contributed by atoms with Gasteiger partial charge in [0.2, 0.25) is 5.91 Å². The second-order valence-corrected chi connectivity index (χ2v) is 7.21. The van der Waals surface area contributed by atoms with Gasteiger partial charge in [0.25, 0.3) is 5.91 Å². The number of likely N-dealkylation sites (N-methyl/N-ethyl adjacent to an activating group) is 1. The number of nitrogens with zero attached hydrogens (tertiary/aromatic N) is 1. The predicted molar refractivity (Wildman–Crippen MR) is 119 cm³/mol. The van der Waals surface area contributed by atoms with Crippen LogP contribution in [0.3, 0.4) is 0 Å². The number of rotatable bonds is 8. The van der Waals surface area contributed by atoms with Crippen molar-refractivity contribution in [3.05, 3.63) is 59.7 Å². The van der Waals surface area contributed by atoms with Gasteiger partial charge in [-0.25, -0.2) is 0 Å².